The van der Waals surface area contributed by atoms with E-state index in [1.165, 1.54) is 31.4 Å². The van der Waals surface area contributed by atoms with Crippen molar-refractivity contribution >= 4 is 28.2 Å². The average Bonchev–Trinajstić information content (AvgIpc) is 3.29. The van der Waals surface area contributed by atoms with Gasteiger partial charge in [-0.1, -0.05) is 67.7 Å². The van der Waals surface area contributed by atoms with Crippen LogP contribution in [0.5, 0.6) is 0 Å². The Morgan fingerprint density at radius 3 is 2.18 bits per heavy atom. The summed E-state index contributed by atoms with van der Waals surface area (Å²) >= 11 is 0. The van der Waals surface area contributed by atoms with Gasteiger partial charge in [-0.2, -0.15) is 8.42 Å². The largest absolute Gasteiger partial charge is 0.550 e. The minimum atomic E-state index is -3.56. The number of unbranched alkanes of at least 4 members (excludes halogenated alkanes) is 2. The van der Waals surface area contributed by atoms with Crippen molar-refractivity contribution in [1.29, 1.82) is 0 Å². The molecule has 228 valence electrons. The maximum absolute atomic E-state index is 11.9. The topological polar surface area (TPSA) is 74.4 Å². The fraction of sp³-hybridized carbons (Fsp3) is 0.933. The molecule has 1 heterocycles. The van der Waals surface area contributed by atoms with E-state index in [0.29, 0.717) is 11.8 Å². The molecule has 0 aromatic carbocycles. The minimum absolute atomic E-state index is 0.0606. The van der Waals surface area contributed by atoms with Crippen LogP contribution in [-0.2, 0) is 27.9 Å². The van der Waals surface area contributed by atoms with Crippen molar-refractivity contribution < 1.29 is 26.2 Å². The van der Waals surface area contributed by atoms with Gasteiger partial charge in [-0.05, 0) is 74.2 Å². The molecular weight excluding hydrogens is 545 g/mol. The van der Waals surface area contributed by atoms with Gasteiger partial charge in [0.1, 0.15) is 11.7 Å². The van der Waals surface area contributed by atoms with E-state index in [1.54, 1.807) is 0 Å². The molecule has 1 saturated heterocycles. The smallest absolute Gasteiger partial charge is 0.264 e. The van der Waals surface area contributed by atoms with E-state index in [1.807, 2.05) is 0 Å². The molecule has 0 aromatic rings. The SMILES string of the molecule is CCCCC[C@@H](/C=C(/O[SiH](C)C)[C@H]1[C@H](C(C)(C)C)C[C@@]2(O[SiH](C)C)C3OC3(COS(C)(=O)=O)C[C@@H]12)C(C)(C)C. The molecule has 0 N–H and O–H groups in total. The molecule has 7 atom stereocenters. The van der Waals surface area contributed by atoms with Crippen LogP contribution in [0.2, 0.25) is 26.2 Å². The van der Waals surface area contributed by atoms with Crippen LogP contribution in [0.25, 0.3) is 0 Å². The van der Waals surface area contributed by atoms with Crippen molar-refractivity contribution in [1.82, 2.24) is 0 Å². The van der Waals surface area contributed by atoms with Crippen molar-refractivity contribution in [2.45, 2.75) is 130 Å². The molecule has 0 aromatic heterocycles. The highest BCUT2D eigenvalue weighted by Gasteiger charge is 2.80. The molecule has 0 bridgehead atoms. The Bertz CT molecular complexity index is 982. The van der Waals surface area contributed by atoms with Crippen molar-refractivity contribution in [3.05, 3.63) is 11.8 Å². The van der Waals surface area contributed by atoms with Crippen LogP contribution in [0.1, 0.15) is 87.0 Å². The summed E-state index contributed by atoms with van der Waals surface area (Å²) in [6.45, 7) is 25.5. The first-order valence-corrected chi connectivity index (χ1v) is 22.7. The summed E-state index contributed by atoms with van der Waals surface area (Å²) in [4.78, 5) is 0. The minimum Gasteiger partial charge on any atom is -0.550 e. The summed E-state index contributed by atoms with van der Waals surface area (Å²) in [7, 11) is -6.39. The van der Waals surface area contributed by atoms with Crippen LogP contribution in [0.3, 0.4) is 0 Å². The lowest BCUT2D eigenvalue weighted by Gasteiger charge is -2.38. The zero-order valence-corrected chi connectivity index (χ0v) is 30.1. The van der Waals surface area contributed by atoms with Gasteiger partial charge in [0, 0.05) is 11.8 Å². The highest BCUT2D eigenvalue weighted by atomic mass is 32.2. The molecule has 0 spiro atoms. The molecule has 2 saturated carbocycles. The first-order valence-electron chi connectivity index (χ1n) is 15.3. The third kappa shape index (κ3) is 7.61. The highest BCUT2D eigenvalue weighted by Crippen LogP contribution is 2.70. The average molecular weight is 603 g/mol. The molecular formula is C30H58O6SSi2. The second-order valence-electron chi connectivity index (χ2n) is 15.4. The molecule has 2 unspecified atom stereocenters. The monoisotopic (exact) mass is 602 g/mol. The molecule has 0 amide bonds. The van der Waals surface area contributed by atoms with Crippen molar-refractivity contribution in [3.63, 3.8) is 0 Å². The quantitative estimate of drug-likeness (QED) is 0.0771. The van der Waals surface area contributed by atoms with E-state index in [4.69, 9.17) is 17.8 Å². The standard InChI is InChI=1S/C30H58O6SSi2/c1-13-14-15-16-21(27(2,3)4)17-24(35-38(9)10)25-22(28(5,6)7)19-30(36-39(11)12)23(25)18-29(26(30)34-29)20-33-37(8,31)32/h17,21-23,25-26,38-39H,13-16,18-20H2,1-12H3/b24-17+/t21-,22+,23-,25-,26?,29?,30-/m0/s1. The summed E-state index contributed by atoms with van der Waals surface area (Å²) in [5.41, 5.74) is -0.793. The van der Waals surface area contributed by atoms with Gasteiger partial charge in [0.15, 0.2) is 9.04 Å². The molecule has 3 fully saturated rings. The van der Waals surface area contributed by atoms with Crippen LogP contribution in [-0.4, -0.2) is 56.7 Å². The Labute approximate surface area is 243 Å². The predicted molar refractivity (Wildman–Crippen MR) is 165 cm³/mol. The first-order chi connectivity index (χ1) is 17.8. The summed E-state index contributed by atoms with van der Waals surface area (Å²) < 4.78 is 49.6. The Morgan fingerprint density at radius 1 is 1.05 bits per heavy atom. The first kappa shape index (κ1) is 33.3. The van der Waals surface area contributed by atoms with Crippen LogP contribution in [0, 0.1) is 34.5 Å². The van der Waals surface area contributed by atoms with Crippen molar-refractivity contribution in [3.8, 4) is 0 Å². The molecule has 1 aliphatic heterocycles. The Morgan fingerprint density at radius 2 is 1.69 bits per heavy atom. The van der Waals surface area contributed by atoms with Gasteiger partial charge >= 0.3 is 0 Å². The van der Waals surface area contributed by atoms with Gasteiger partial charge in [-0.15, -0.1) is 0 Å². The molecule has 9 heteroatoms. The third-order valence-corrected chi connectivity index (χ3v) is 11.4. The van der Waals surface area contributed by atoms with Gasteiger partial charge in [0.25, 0.3) is 10.1 Å². The van der Waals surface area contributed by atoms with Crippen LogP contribution < -0.4 is 0 Å². The lowest BCUT2D eigenvalue weighted by molar-refractivity contribution is -0.0164. The summed E-state index contributed by atoms with van der Waals surface area (Å²) in [5.74, 6) is 2.42. The summed E-state index contributed by atoms with van der Waals surface area (Å²) in [6, 6.07) is 0. The number of epoxide rings is 1. The predicted octanol–water partition coefficient (Wildman–Crippen LogP) is 6.67. The number of ether oxygens (including phenoxy) is 1. The van der Waals surface area contributed by atoms with E-state index in [2.05, 4.69) is 80.7 Å². The van der Waals surface area contributed by atoms with Gasteiger partial charge in [0.2, 0.25) is 9.04 Å². The zero-order chi connectivity index (χ0) is 29.6. The molecule has 0 radical (unpaired) electrons. The highest BCUT2D eigenvalue weighted by molar-refractivity contribution is 7.85. The second-order valence-corrected chi connectivity index (χ2v) is 21.7. The lowest BCUT2D eigenvalue weighted by Crippen LogP contribution is -2.44. The fourth-order valence-electron chi connectivity index (χ4n) is 7.41. The van der Waals surface area contributed by atoms with Crippen molar-refractivity contribution in [2.75, 3.05) is 12.9 Å². The zero-order valence-electron chi connectivity index (χ0n) is 26.9. The Hall–Kier alpha value is -0.196. The number of fused-ring (bicyclic) bond motifs is 3. The van der Waals surface area contributed by atoms with Crippen LogP contribution in [0.4, 0.5) is 0 Å². The normalized spacial score (nSPS) is 33.9. The van der Waals surface area contributed by atoms with E-state index in [9.17, 15) is 8.42 Å². The maximum Gasteiger partial charge on any atom is 0.264 e. The molecule has 6 nitrogen and oxygen atoms in total. The molecule has 3 aliphatic rings. The van der Waals surface area contributed by atoms with E-state index >= 15 is 0 Å². The van der Waals surface area contributed by atoms with Gasteiger partial charge < -0.3 is 13.6 Å². The molecule has 2 aliphatic carbocycles. The number of rotatable bonds is 13. The van der Waals surface area contributed by atoms with Crippen LogP contribution >= 0.6 is 0 Å². The Kier molecular flexibility index (Phi) is 10.1. The van der Waals surface area contributed by atoms with Gasteiger partial charge in [-0.25, -0.2) is 0 Å². The third-order valence-electron chi connectivity index (χ3n) is 9.20. The Balaban J connectivity index is 2.11. The second kappa shape index (κ2) is 11.8. The van der Waals surface area contributed by atoms with E-state index < -0.39 is 39.4 Å². The lowest BCUT2D eigenvalue weighted by atomic mass is 9.70. The fourth-order valence-corrected chi connectivity index (χ4v) is 9.88. The van der Waals surface area contributed by atoms with Gasteiger partial charge in [0.05, 0.1) is 24.2 Å². The number of hydrogen-bond donors (Lipinski definition) is 0. The maximum atomic E-state index is 11.9. The van der Waals surface area contributed by atoms with E-state index in [-0.39, 0.29) is 35.4 Å². The summed E-state index contributed by atoms with van der Waals surface area (Å²) in [5, 5.41) is 0. The van der Waals surface area contributed by atoms with Gasteiger partial charge in [-0.3, -0.25) is 4.18 Å². The molecule has 3 rings (SSSR count). The number of allylic oxidation sites excluding steroid dienone is 2. The van der Waals surface area contributed by atoms with Crippen molar-refractivity contribution in [2.24, 2.45) is 34.5 Å². The summed E-state index contributed by atoms with van der Waals surface area (Å²) in [6.07, 6.45) is 10.0. The number of hydrogen-bond acceptors (Lipinski definition) is 6. The molecule has 39 heavy (non-hydrogen) atoms. The van der Waals surface area contributed by atoms with E-state index in [0.717, 1.165) is 19.1 Å². The van der Waals surface area contributed by atoms with Crippen LogP contribution in [0.15, 0.2) is 11.8 Å².